The van der Waals surface area contributed by atoms with Gasteiger partial charge >= 0.3 is 0 Å². The first-order chi connectivity index (χ1) is 7.61. The molecule has 0 aromatic heterocycles. The Morgan fingerprint density at radius 1 is 1.25 bits per heavy atom. The first-order valence-corrected chi connectivity index (χ1v) is 5.85. The highest BCUT2D eigenvalue weighted by molar-refractivity contribution is 5.69. The lowest BCUT2D eigenvalue weighted by molar-refractivity contribution is 0.396. The van der Waals surface area contributed by atoms with E-state index < -0.39 is 0 Å². The highest BCUT2D eigenvalue weighted by Crippen LogP contribution is 2.21. The fraction of sp³-hybridized carbons (Fsp3) is 0.538. The fourth-order valence-electron chi connectivity index (χ4n) is 1.61. The lowest BCUT2D eigenvalue weighted by Gasteiger charge is -2.12. The van der Waals surface area contributed by atoms with Crippen molar-refractivity contribution in [2.24, 2.45) is 0 Å². The maximum absolute atomic E-state index is 5.97. The van der Waals surface area contributed by atoms with Crippen LogP contribution in [0.1, 0.15) is 18.4 Å². The number of unbranched alkanes of at least 4 members (excludes halogenated alkanes) is 1. The zero-order valence-corrected chi connectivity index (χ0v) is 10.6. The molecule has 1 aromatic carbocycles. The average Bonchev–Trinajstić information content (AvgIpc) is 2.23. The molecule has 0 unspecified atom stereocenters. The second kappa shape index (κ2) is 6.38. The number of nitrogen functional groups attached to an aromatic ring is 1. The van der Waals surface area contributed by atoms with Crippen LogP contribution in [-0.4, -0.2) is 32.1 Å². The molecule has 90 valence electrons. The van der Waals surface area contributed by atoms with Crippen LogP contribution in [0.15, 0.2) is 18.2 Å². The zero-order chi connectivity index (χ0) is 12.0. The van der Waals surface area contributed by atoms with Gasteiger partial charge in [0.1, 0.15) is 0 Å². The molecule has 16 heavy (non-hydrogen) atoms. The van der Waals surface area contributed by atoms with Crippen LogP contribution in [0.4, 0.5) is 11.4 Å². The van der Waals surface area contributed by atoms with E-state index in [9.17, 15) is 0 Å². The summed E-state index contributed by atoms with van der Waals surface area (Å²) in [4.78, 5) is 2.21. The van der Waals surface area contributed by atoms with Crippen LogP contribution in [0, 0.1) is 6.92 Å². The second-order valence-corrected chi connectivity index (χ2v) is 4.47. The summed E-state index contributed by atoms with van der Waals surface area (Å²) in [5.41, 5.74) is 9.04. The third-order valence-corrected chi connectivity index (χ3v) is 2.67. The lowest BCUT2D eigenvalue weighted by atomic mass is 10.1. The fourth-order valence-corrected chi connectivity index (χ4v) is 1.61. The van der Waals surface area contributed by atoms with Crippen LogP contribution in [0.25, 0.3) is 0 Å². The van der Waals surface area contributed by atoms with Gasteiger partial charge in [-0.15, -0.1) is 0 Å². The van der Waals surface area contributed by atoms with Crippen LogP contribution >= 0.6 is 0 Å². The minimum absolute atomic E-state index is 0.870. The third-order valence-electron chi connectivity index (χ3n) is 2.67. The van der Waals surface area contributed by atoms with Crippen LogP contribution in [-0.2, 0) is 0 Å². The van der Waals surface area contributed by atoms with Gasteiger partial charge in [0.25, 0.3) is 0 Å². The molecule has 1 aromatic rings. The minimum Gasteiger partial charge on any atom is -0.397 e. The number of hydrogen-bond donors (Lipinski definition) is 2. The summed E-state index contributed by atoms with van der Waals surface area (Å²) in [7, 11) is 4.21. The van der Waals surface area contributed by atoms with Crippen molar-refractivity contribution in [3.63, 3.8) is 0 Å². The summed E-state index contributed by atoms with van der Waals surface area (Å²) in [6, 6.07) is 6.11. The Hall–Kier alpha value is -1.22. The van der Waals surface area contributed by atoms with E-state index >= 15 is 0 Å². The van der Waals surface area contributed by atoms with Gasteiger partial charge in [-0.05, 0) is 52.0 Å². The number of nitrogens with two attached hydrogens (primary N) is 1. The molecule has 0 aliphatic rings. The van der Waals surface area contributed by atoms with Crippen LogP contribution < -0.4 is 11.1 Å². The maximum Gasteiger partial charge on any atom is 0.0579 e. The highest BCUT2D eigenvalue weighted by atomic mass is 15.0. The Balaban J connectivity index is 2.29. The number of aryl methyl sites for hydroxylation is 1. The number of nitrogens with one attached hydrogen (secondary N) is 1. The van der Waals surface area contributed by atoms with Crippen molar-refractivity contribution < 1.29 is 0 Å². The summed E-state index contributed by atoms with van der Waals surface area (Å²) < 4.78 is 0. The summed E-state index contributed by atoms with van der Waals surface area (Å²) in [5, 5.41) is 3.38. The Bertz CT molecular complexity index is 321. The number of nitrogens with zero attached hydrogens (tertiary/aromatic N) is 1. The third kappa shape index (κ3) is 4.11. The molecule has 0 fully saturated rings. The highest BCUT2D eigenvalue weighted by Gasteiger charge is 1.99. The van der Waals surface area contributed by atoms with E-state index in [4.69, 9.17) is 5.73 Å². The van der Waals surface area contributed by atoms with Crippen molar-refractivity contribution in [2.45, 2.75) is 19.8 Å². The molecule has 0 heterocycles. The predicted molar refractivity (Wildman–Crippen MR) is 71.9 cm³/mol. The molecule has 3 N–H and O–H groups in total. The predicted octanol–water partition coefficient (Wildman–Crippen LogP) is 2.33. The summed E-state index contributed by atoms with van der Waals surface area (Å²) in [6.45, 7) is 4.17. The van der Waals surface area contributed by atoms with Crippen LogP contribution in [0.3, 0.4) is 0 Å². The smallest absolute Gasteiger partial charge is 0.0579 e. The molecule has 0 saturated carbocycles. The van der Waals surface area contributed by atoms with Gasteiger partial charge in [-0.1, -0.05) is 12.1 Å². The van der Waals surface area contributed by atoms with E-state index in [0.29, 0.717) is 0 Å². The second-order valence-electron chi connectivity index (χ2n) is 4.47. The molecule has 0 saturated heterocycles. The number of benzene rings is 1. The average molecular weight is 221 g/mol. The SMILES string of the molecule is Cc1cccc(NCCCCN(C)C)c1N. The molecule has 0 aliphatic heterocycles. The molecule has 0 spiro atoms. The normalized spacial score (nSPS) is 10.8. The number of hydrogen-bond acceptors (Lipinski definition) is 3. The quantitative estimate of drug-likeness (QED) is 0.572. The van der Waals surface area contributed by atoms with Crippen molar-refractivity contribution in [1.82, 2.24) is 4.90 Å². The van der Waals surface area contributed by atoms with E-state index in [-0.39, 0.29) is 0 Å². The standard InChI is InChI=1S/C13H23N3/c1-11-7-6-8-12(13(11)14)15-9-4-5-10-16(2)3/h6-8,15H,4-5,9-10,14H2,1-3H3. The minimum atomic E-state index is 0.870. The Kier molecular flexibility index (Phi) is 5.12. The van der Waals surface area contributed by atoms with Gasteiger partial charge in [-0.2, -0.15) is 0 Å². The monoisotopic (exact) mass is 221 g/mol. The molecule has 0 radical (unpaired) electrons. The Labute approximate surface area is 98.6 Å². The van der Waals surface area contributed by atoms with Crippen molar-refractivity contribution in [1.29, 1.82) is 0 Å². The Morgan fingerprint density at radius 2 is 2.00 bits per heavy atom. The molecule has 1 rings (SSSR count). The van der Waals surface area contributed by atoms with Gasteiger partial charge in [-0.3, -0.25) is 0 Å². The van der Waals surface area contributed by atoms with Gasteiger partial charge in [-0.25, -0.2) is 0 Å². The molecule has 0 atom stereocenters. The van der Waals surface area contributed by atoms with Crippen LogP contribution in [0.5, 0.6) is 0 Å². The molecule has 0 bridgehead atoms. The van der Waals surface area contributed by atoms with Gasteiger partial charge in [0.05, 0.1) is 11.4 Å². The van der Waals surface area contributed by atoms with Crippen LogP contribution in [0.2, 0.25) is 0 Å². The van der Waals surface area contributed by atoms with E-state index in [0.717, 1.165) is 30.0 Å². The maximum atomic E-state index is 5.97. The van der Waals surface area contributed by atoms with Gasteiger partial charge in [0, 0.05) is 6.54 Å². The van der Waals surface area contributed by atoms with E-state index in [1.165, 1.54) is 12.8 Å². The first kappa shape index (κ1) is 12.8. The summed E-state index contributed by atoms with van der Waals surface area (Å²) >= 11 is 0. The van der Waals surface area contributed by atoms with E-state index in [1.54, 1.807) is 0 Å². The number of rotatable bonds is 6. The molecular formula is C13H23N3. The van der Waals surface area contributed by atoms with Gasteiger partial charge < -0.3 is 16.0 Å². The largest absolute Gasteiger partial charge is 0.397 e. The molecule has 0 aliphatic carbocycles. The summed E-state index contributed by atoms with van der Waals surface area (Å²) in [5.74, 6) is 0. The van der Waals surface area contributed by atoms with Crippen molar-refractivity contribution in [2.75, 3.05) is 38.2 Å². The number of para-hydroxylation sites is 1. The first-order valence-electron chi connectivity index (χ1n) is 5.85. The molecule has 3 heteroatoms. The van der Waals surface area contributed by atoms with Gasteiger partial charge in [0.15, 0.2) is 0 Å². The van der Waals surface area contributed by atoms with Crippen molar-refractivity contribution in [3.8, 4) is 0 Å². The summed E-state index contributed by atoms with van der Waals surface area (Å²) in [6.07, 6.45) is 2.39. The Morgan fingerprint density at radius 3 is 2.69 bits per heavy atom. The lowest BCUT2D eigenvalue weighted by Crippen LogP contribution is -2.14. The number of anilines is 2. The van der Waals surface area contributed by atoms with Crippen molar-refractivity contribution >= 4 is 11.4 Å². The molecule has 3 nitrogen and oxygen atoms in total. The molecular weight excluding hydrogens is 198 g/mol. The topological polar surface area (TPSA) is 41.3 Å². The zero-order valence-electron chi connectivity index (χ0n) is 10.6. The van der Waals surface area contributed by atoms with E-state index in [1.807, 2.05) is 25.1 Å². The van der Waals surface area contributed by atoms with Gasteiger partial charge in [0.2, 0.25) is 0 Å². The molecule has 0 amide bonds. The van der Waals surface area contributed by atoms with Crippen molar-refractivity contribution in [3.05, 3.63) is 23.8 Å². The van der Waals surface area contributed by atoms with E-state index in [2.05, 4.69) is 24.3 Å².